The van der Waals surface area contributed by atoms with Crippen LogP contribution in [0.4, 0.5) is 13.2 Å². The van der Waals surface area contributed by atoms with Crippen LogP contribution in [0.1, 0.15) is 74.8 Å². The van der Waals surface area contributed by atoms with E-state index in [4.69, 9.17) is 5.11 Å². The van der Waals surface area contributed by atoms with E-state index in [1.165, 1.54) is 12.1 Å². The van der Waals surface area contributed by atoms with Gasteiger partial charge in [-0.15, -0.1) is 0 Å². The van der Waals surface area contributed by atoms with Gasteiger partial charge in [-0.1, -0.05) is 37.5 Å². The van der Waals surface area contributed by atoms with Crippen molar-refractivity contribution in [1.29, 1.82) is 0 Å². The van der Waals surface area contributed by atoms with Gasteiger partial charge in [0.2, 0.25) is 0 Å². The molecule has 0 saturated heterocycles. The predicted molar refractivity (Wildman–Crippen MR) is 97.6 cm³/mol. The first-order valence-corrected chi connectivity index (χ1v) is 10.0. The van der Waals surface area contributed by atoms with Crippen LogP contribution in [0.5, 0.6) is 0 Å². The highest BCUT2D eigenvalue weighted by Gasteiger charge is 2.38. The third-order valence-electron chi connectivity index (χ3n) is 6.21. The summed E-state index contributed by atoms with van der Waals surface area (Å²) in [5.74, 6) is -1.17. The van der Waals surface area contributed by atoms with E-state index in [0.29, 0.717) is 18.4 Å². The molecule has 2 saturated carbocycles. The highest BCUT2D eigenvalue weighted by Crippen LogP contribution is 2.40. The summed E-state index contributed by atoms with van der Waals surface area (Å²) < 4.78 is 40.6. The Morgan fingerprint density at radius 3 is 2.30 bits per heavy atom. The molecule has 2 N–H and O–H groups in total. The molecular formula is C21H28F3NO2. The first-order chi connectivity index (χ1) is 12.9. The van der Waals surface area contributed by atoms with Crippen LogP contribution in [0, 0.1) is 5.92 Å². The molecule has 0 bridgehead atoms. The van der Waals surface area contributed by atoms with E-state index in [0.717, 1.165) is 44.9 Å². The largest absolute Gasteiger partial charge is 0.481 e. The second kappa shape index (κ2) is 8.63. The Morgan fingerprint density at radius 1 is 0.963 bits per heavy atom. The fourth-order valence-electron chi connectivity index (χ4n) is 4.77. The molecule has 2 fully saturated rings. The Hall–Kier alpha value is -1.56. The predicted octanol–water partition coefficient (Wildman–Crippen LogP) is 5.35. The summed E-state index contributed by atoms with van der Waals surface area (Å²) in [6, 6.07) is 6.19. The number of halogens is 3. The monoisotopic (exact) mass is 383 g/mol. The summed E-state index contributed by atoms with van der Waals surface area (Å²) >= 11 is 0. The number of benzene rings is 1. The van der Waals surface area contributed by atoms with Gasteiger partial charge in [0, 0.05) is 12.1 Å². The standard InChI is InChI=1S/C21H28F3NO2/c22-21(23,24)18-8-5-4-6-16(18)17-7-2-1-3-9-19(17)25-15-12-10-14(11-13-15)20(26)27/h4-6,8,14-15,17,19,25H,1-3,7,9-13H2,(H,26,27). The van der Waals surface area contributed by atoms with Crippen LogP contribution in [-0.4, -0.2) is 23.2 Å². The number of rotatable bonds is 4. The minimum atomic E-state index is -4.34. The summed E-state index contributed by atoms with van der Waals surface area (Å²) in [5, 5.41) is 12.8. The van der Waals surface area contributed by atoms with Crippen molar-refractivity contribution in [2.45, 2.75) is 82.0 Å². The lowest BCUT2D eigenvalue weighted by Crippen LogP contribution is -2.44. The maximum atomic E-state index is 13.5. The van der Waals surface area contributed by atoms with Crippen LogP contribution in [0.15, 0.2) is 24.3 Å². The van der Waals surface area contributed by atoms with Gasteiger partial charge in [0.05, 0.1) is 11.5 Å². The van der Waals surface area contributed by atoms with Gasteiger partial charge < -0.3 is 10.4 Å². The maximum Gasteiger partial charge on any atom is 0.416 e. The van der Waals surface area contributed by atoms with Crippen LogP contribution in [0.3, 0.4) is 0 Å². The number of hydrogen-bond donors (Lipinski definition) is 2. The lowest BCUT2D eigenvalue weighted by Gasteiger charge is -2.35. The Kier molecular flexibility index (Phi) is 6.45. The third kappa shape index (κ3) is 5.03. The number of carboxylic acids is 1. The van der Waals surface area contributed by atoms with E-state index in [2.05, 4.69) is 5.32 Å². The topological polar surface area (TPSA) is 49.3 Å². The average Bonchev–Trinajstić information content (AvgIpc) is 2.87. The molecule has 2 unspecified atom stereocenters. The Balaban J connectivity index is 1.77. The van der Waals surface area contributed by atoms with Gasteiger partial charge in [-0.25, -0.2) is 0 Å². The third-order valence-corrected chi connectivity index (χ3v) is 6.21. The molecule has 0 aromatic heterocycles. The number of carboxylic acid groups (broad SMARTS) is 1. The molecule has 150 valence electrons. The Labute approximate surface area is 158 Å². The number of carbonyl (C=O) groups is 1. The highest BCUT2D eigenvalue weighted by atomic mass is 19.4. The van der Waals surface area contributed by atoms with Crippen LogP contribution in [0.2, 0.25) is 0 Å². The number of aliphatic carboxylic acids is 1. The highest BCUT2D eigenvalue weighted by molar-refractivity contribution is 5.70. The smallest absolute Gasteiger partial charge is 0.416 e. The maximum absolute atomic E-state index is 13.5. The van der Waals surface area contributed by atoms with Gasteiger partial charge in [0.15, 0.2) is 0 Å². The summed E-state index contributed by atoms with van der Waals surface area (Å²) in [6.45, 7) is 0. The Morgan fingerprint density at radius 2 is 1.63 bits per heavy atom. The first kappa shape index (κ1) is 20.2. The molecule has 3 rings (SSSR count). The van der Waals surface area contributed by atoms with E-state index in [1.807, 2.05) is 0 Å². The van der Waals surface area contributed by atoms with Crippen LogP contribution in [-0.2, 0) is 11.0 Å². The minimum Gasteiger partial charge on any atom is -0.481 e. The van der Waals surface area contributed by atoms with Gasteiger partial charge in [-0.3, -0.25) is 4.79 Å². The fourth-order valence-corrected chi connectivity index (χ4v) is 4.77. The van der Waals surface area contributed by atoms with Gasteiger partial charge in [-0.2, -0.15) is 13.2 Å². The molecule has 0 spiro atoms. The molecule has 0 radical (unpaired) electrons. The lowest BCUT2D eigenvalue weighted by atomic mass is 9.82. The summed E-state index contributed by atoms with van der Waals surface area (Å²) in [6.07, 6.45) is 3.15. The van der Waals surface area contributed by atoms with Crippen molar-refractivity contribution < 1.29 is 23.1 Å². The molecule has 6 heteroatoms. The Bertz CT molecular complexity index is 639. The van der Waals surface area contributed by atoms with Gasteiger partial charge in [0.25, 0.3) is 0 Å². The van der Waals surface area contributed by atoms with Gasteiger partial charge >= 0.3 is 12.1 Å². The van der Waals surface area contributed by atoms with E-state index < -0.39 is 17.7 Å². The van der Waals surface area contributed by atoms with Crippen molar-refractivity contribution in [3.8, 4) is 0 Å². The van der Waals surface area contributed by atoms with E-state index >= 15 is 0 Å². The molecule has 3 nitrogen and oxygen atoms in total. The molecule has 2 aliphatic carbocycles. The number of alkyl halides is 3. The molecule has 2 aliphatic rings. The van der Waals surface area contributed by atoms with Gasteiger partial charge in [0.1, 0.15) is 0 Å². The number of hydrogen-bond acceptors (Lipinski definition) is 2. The zero-order chi connectivity index (χ0) is 19.4. The van der Waals surface area contributed by atoms with E-state index in [1.54, 1.807) is 12.1 Å². The molecule has 27 heavy (non-hydrogen) atoms. The quantitative estimate of drug-likeness (QED) is 0.689. The van der Waals surface area contributed by atoms with Crippen LogP contribution in [0.25, 0.3) is 0 Å². The zero-order valence-electron chi connectivity index (χ0n) is 15.5. The lowest BCUT2D eigenvalue weighted by molar-refractivity contribution is -0.143. The van der Waals surface area contributed by atoms with Crippen molar-refractivity contribution in [2.24, 2.45) is 5.92 Å². The molecule has 1 aromatic carbocycles. The summed E-state index contributed by atoms with van der Waals surface area (Å²) in [7, 11) is 0. The molecule has 0 heterocycles. The second-order valence-electron chi connectivity index (χ2n) is 7.99. The van der Waals surface area contributed by atoms with Gasteiger partial charge in [-0.05, 0) is 56.1 Å². The molecule has 2 atom stereocenters. The minimum absolute atomic E-state index is 0.0161. The summed E-state index contributed by atoms with van der Waals surface area (Å²) in [4.78, 5) is 11.1. The van der Waals surface area contributed by atoms with Crippen LogP contribution >= 0.6 is 0 Å². The van der Waals surface area contributed by atoms with Crippen molar-refractivity contribution in [1.82, 2.24) is 5.32 Å². The second-order valence-corrected chi connectivity index (χ2v) is 7.99. The first-order valence-electron chi connectivity index (χ1n) is 10.0. The van der Waals surface area contributed by atoms with Crippen molar-refractivity contribution in [2.75, 3.05) is 0 Å². The normalized spacial score (nSPS) is 29.9. The van der Waals surface area contributed by atoms with Crippen molar-refractivity contribution in [3.05, 3.63) is 35.4 Å². The fraction of sp³-hybridized carbons (Fsp3) is 0.667. The summed E-state index contributed by atoms with van der Waals surface area (Å²) in [5.41, 5.74) is -0.109. The molecule has 1 aromatic rings. The zero-order valence-corrected chi connectivity index (χ0v) is 15.5. The van der Waals surface area contributed by atoms with Crippen molar-refractivity contribution >= 4 is 5.97 Å². The van der Waals surface area contributed by atoms with Crippen LogP contribution < -0.4 is 5.32 Å². The van der Waals surface area contributed by atoms with E-state index in [9.17, 15) is 18.0 Å². The number of nitrogens with one attached hydrogen (secondary N) is 1. The molecular weight excluding hydrogens is 355 g/mol. The average molecular weight is 383 g/mol. The van der Waals surface area contributed by atoms with Crippen molar-refractivity contribution in [3.63, 3.8) is 0 Å². The van der Waals surface area contributed by atoms with E-state index in [-0.39, 0.29) is 23.9 Å². The molecule has 0 amide bonds. The molecule has 0 aliphatic heterocycles. The SMILES string of the molecule is O=C(O)C1CCC(NC2CCCCCC2c2ccccc2C(F)(F)F)CC1.